The van der Waals surface area contributed by atoms with Gasteiger partial charge in [-0.2, -0.15) is 5.10 Å². The van der Waals surface area contributed by atoms with Gasteiger partial charge in [0, 0.05) is 36.4 Å². The van der Waals surface area contributed by atoms with Crippen molar-refractivity contribution >= 4 is 23.5 Å². The molecule has 1 saturated carbocycles. The van der Waals surface area contributed by atoms with Gasteiger partial charge in [-0.3, -0.25) is 14.9 Å². The zero-order valence-electron chi connectivity index (χ0n) is 18.1. The quantitative estimate of drug-likeness (QED) is 0.473. The van der Waals surface area contributed by atoms with Crippen molar-refractivity contribution in [2.45, 2.75) is 45.1 Å². The molecule has 2 aromatic heterocycles. The molecule has 1 aliphatic carbocycles. The Morgan fingerprint density at radius 2 is 1.97 bits per heavy atom. The molecule has 33 heavy (non-hydrogen) atoms. The molecule has 1 aromatic carbocycles. The van der Waals surface area contributed by atoms with Gasteiger partial charge in [-0.05, 0) is 19.4 Å². The fourth-order valence-corrected chi connectivity index (χ4v) is 3.64. The normalized spacial score (nSPS) is 16.7. The van der Waals surface area contributed by atoms with E-state index in [9.17, 15) is 18.4 Å². The highest BCUT2D eigenvalue weighted by molar-refractivity contribution is 6.03. The number of nitrogens with one attached hydrogen (secondary N) is 1. The summed E-state index contributed by atoms with van der Waals surface area (Å²) in [6.07, 6.45) is 0.00323. The molecule has 1 atom stereocenters. The van der Waals surface area contributed by atoms with Crippen molar-refractivity contribution in [1.29, 1.82) is 0 Å². The SMILES string of the molecule is CC(C)n1nc(-c2ccc(CC(=O)Nc3cc(CC4CC4(F)F)no3)cc2)c(C(N)=O)c1N. The standard InChI is InChI=1S/C22H24F2N6O3/c1-11(2)30-20(25)18(21(26)32)19(28-30)13-5-3-12(4-6-13)7-16(31)27-17-9-15(29-33-17)8-14-10-22(14,23)24/h3-6,9,11,14H,7-8,10,25H2,1-2H3,(H2,26,32)(H,27,31). The molecule has 1 unspecified atom stereocenters. The molecule has 3 aromatic rings. The van der Waals surface area contributed by atoms with Gasteiger partial charge in [0.1, 0.15) is 17.1 Å². The second-order valence-corrected chi connectivity index (χ2v) is 8.48. The van der Waals surface area contributed by atoms with Crippen LogP contribution < -0.4 is 16.8 Å². The lowest BCUT2D eigenvalue weighted by molar-refractivity contribution is -0.115. The molecule has 0 spiro atoms. The first-order valence-electron chi connectivity index (χ1n) is 10.5. The first-order valence-corrected chi connectivity index (χ1v) is 10.5. The van der Waals surface area contributed by atoms with Crippen LogP contribution in [0.3, 0.4) is 0 Å². The molecule has 9 nitrogen and oxygen atoms in total. The average molecular weight is 458 g/mol. The Kier molecular flexibility index (Phi) is 5.64. The third kappa shape index (κ3) is 4.71. The average Bonchev–Trinajstić information content (AvgIpc) is 3.05. The van der Waals surface area contributed by atoms with Crippen molar-refractivity contribution in [2.75, 3.05) is 11.1 Å². The first kappa shape index (κ1) is 22.4. The molecule has 174 valence electrons. The van der Waals surface area contributed by atoms with Crippen molar-refractivity contribution in [3.63, 3.8) is 0 Å². The predicted molar refractivity (Wildman–Crippen MR) is 117 cm³/mol. The topological polar surface area (TPSA) is 142 Å². The maximum atomic E-state index is 13.0. The highest BCUT2D eigenvalue weighted by Gasteiger charge is 2.56. The van der Waals surface area contributed by atoms with Crippen molar-refractivity contribution in [2.24, 2.45) is 11.7 Å². The fraction of sp³-hybridized carbons (Fsp3) is 0.364. The molecule has 1 aliphatic rings. The van der Waals surface area contributed by atoms with Gasteiger partial charge in [0.25, 0.3) is 11.8 Å². The highest BCUT2D eigenvalue weighted by atomic mass is 19.3. The van der Waals surface area contributed by atoms with Crippen LogP contribution in [0.1, 0.15) is 47.9 Å². The van der Waals surface area contributed by atoms with E-state index in [1.165, 1.54) is 10.7 Å². The van der Waals surface area contributed by atoms with Crippen LogP contribution in [0.5, 0.6) is 0 Å². The third-order valence-electron chi connectivity index (χ3n) is 5.51. The number of rotatable bonds is 8. The fourth-order valence-electron chi connectivity index (χ4n) is 3.64. The molecule has 1 fully saturated rings. The van der Waals surface area contributed by atoms with E-state index in [1.807, 2.05) is 13.8 Å². The number of hydrogen-bond acceptors (Lipinski definition) is 6. The smallest absolute Gasteiger partial charge is 0.254 e. The number of benzene rings is 1. The van der Waals surface area contributed by atoms with Crippen LogP contribution in [0.2, 0.25) is 0 Å². The Labute approximate surface area is 188 Å². The number of aromatic nitrogens is 3. The Bertz CT molecular complexity index is 1200. The van der Waals surface area contributed by atoms with Crippen molar-refractivity contribution in [1.82, 2.24) is 14.9 Å². The molecule has 0 aliphatic heterocycles. The van der Waals surface area contributed by atoms with E-state index in [0.29, 0.717) is 22.5 Å². The lowest BCUT2D eigenvalue weighted by Gasteiger charge is -2.07. The zero-order valence-corrected chi connectivity index (χ0v) is 18.1. The van der Waals surface area contributed by atoms with Crippen LogP contribution >= 0.6 is 0 Å². The summed E-state index contributed by atoms with van der Waals surface area (Å²) >= 11 is 0. The largest absolute Gasteiger partial charge is 0.383 e. The molecular formula is C22H24F2N6O3. The van der Waals surface area contributed by atoms with Crippen LogP contribution in [0, 0.1) is 5.92 Å². The van der Waals surface area contributed by atoms with Crippen molar-refractivity contribution in [3.8, 4) is 11.3 Å². The zero-order chi connectivity index (χ0) is 23.9. The van der Waals surface area contributed by atoms with Crippen LogP contribution in [0.25, 0.3) is 11.3 Å². The minimum absolute atomic E-state index is 0.0439. The lowest BCUT2D eigenvalue weighted by atomic mass is 10.0. The van der Waals surface area contributed by atoms with E-state index in [-0.39, 0.29) is 48.5 Å². The third-order valence-corrected chi connectivity index (χ3v) is 5.51. The van der Waals surface area contributed by atoms with Crippen LogP contribution in [0.15, 0.2) is 34.9 Å². The molecular weight excluding hydrogens is 434 g/mol. The highest BCUT2D eigenvalue weighted by Crippen LogP contribution is 2.50. The van der Waals surface area contributed by atoms with Gasteiger partial charge in [-0.15, -0.1) is 0 Å². The van der Waals surface area contributed by atoms with Gasteiger partial charge < -0.3 is 16.0 Å². The lowest BCUT2D eigenvalue weighted by Crippen LogP contribution is -2.15. The summed E-state index contributed by atoms with van der Waals surface area (Å²) < 4.78 is 32.6. The Morgan fingerprint density at radius 1 is 1.30 bits per heavy atom. The summed E-state index contributed by atoms with van der Waals surface area (Å²) in [6.45, 7) is 3.77. The van der Waals surface area contributed by atoms with E-state index >= 15 is 0 Å². The Hall–Kier alpha value is -3.76. The van der Waals surface area contributed by atoms with Crippen LogP contribution in [0.4, 0.5) is 20.5 Å². The second-order valence-electron chi connectivity index (χ2n) is 8.48. The van der Waals surface area contributed by atoms with Crippen molar-refractivity contribution < 1.29 is 22.9 Å². The maximum Gasteiger partial charge on any atom is 0.254 e. The van der Waals surface area contributed by atoms with Gasteiger partial charge in [-0.1, -0.05) is 29.4 Å². The summed E-state index contributed by atoms with van der Waals surface area (Å²) in [5.74, 6) is -4.07. The molecule has 0 saturated heterocycles. The number of carbonyl (C=O) groups is 2. The summed E-state index contributed by atoms with van der Waals surface area (Å²) in [7, 11) is 0. The molecule has 0 radical (unpaired) electrons. The van der Waals surface area contributed by atoms with E-state index in [1.54, 1.807) is 24.3 Å². The number of anilines is 2. The van der Waals surface area contributed by atoms with Gasteiger partial charge in [0.2, 0.25) is 11.8 Å². The number of nitrogen functional groups attached to an aromatic ring is 1. The number of carbonyl (C=O) groups excluding carboxylic acids is 2. The maximum absolute atomic E-state index is 13.0. The number of amides is 2. The number of primary amides is 1. The number of nitrogens with zero attached hydrogens (tertiary/aromatic N) is 3. The van der Waals surface area contributed by atoms with Crippen LogP contribution in [-0.2, 0) is 17.6 Å². The summed E-state index contributed by atoms with van der Waals surface area (Å²) in [5.41, 5.74) is 13.8. The molecule has 4 rings (SSSR count). The van der Waals surface area contributed by atoms with Crippen molar-refractivity contribution in [3.05, 3.63) is 47.2 Å². The van der Waals surface area contributed by atoms with Gasteiger partial charge in [-0.25, -0.2) is 13.5 Å². The molecule has 2 amide bonds. The second kappa shape index (κ2) is 8.30. The summed E-state index contributed by atoms with van der Waals surface area (Å²) in [5, 5.41) is 10.7. The van der Waals surface area contributed by atoms with E-state index in [0.717, 1.165) is 0 Å². The summed E-state index contributed by atoms with van der Waals surface area (Å²) in [6, 6.07) is 8.30. The number of halogens is 2. The number of nitrogens with two attached hydrogens (primary N) is 2. The monoisotopic (exact) mass is 458 g/mol. The van der Waals surface area contributed by atoms with E-state index < -0.39 is 17.7 Å². The first-order chi connectivity index (χ1) is 15.5. The van der Waals surface area contributed by atoms with Gasteiger partial charge in [0.15, 0.2) is 0 Å². The molecule has 2 heterocycles. The van der Waals surface area contributed by atoms with Gasteiger partial charge >= 0.3 is 0 Å². The van der Waals surface area contributed by atoms with Crippen LogP contribution in [-0.4, -0.2) is 32.7 Å². The minimum Gasteiger partial charge on any atom is -0.383 e. The van der Waals surface area contributed by atoms with E-state index in [4.69, 9.17) is 16.0 Å². The number of alkyl halides is 2. The number of hydrogen-bond donors (Lipinski definition) is 3. The van der Waals surface area contributed by atoms with Gasteiger partial charge in [0.05, 0.1) is 12.1 Å². The molecule has 0 bridgehead atoms. The Balaban J connectivity index is 1.41. The van der Waals surface area contributed by atoms with E-state index in [2.05, 4.69) is 15.6 Å². The predicted octanol–water partition coefficient (Wildman–Crippen LogP) is 3.18. The Morgan fingerprint density at radius 3 is 2.55 bits per heavy atom. The summed E-state index contributed by atoms with van der Waals surface area (Å²) in [4.78, 5) is 24.3. The molecule has 5 N–H and O–H groups in total. The molecule has 11 heteroatoms. The minimum atomic E-state index is -2.63.